The van der Waals surface area contributed by atoms with Crippen molar-refractivity contribution in [2.24, 2.45) is 11.6 Å². The molecule has 0 atom stereocenters. The van der Waals surface area contributed by atoms with Crippen molar-refractivity contribution in [1.82, 2.24) is 0 Å². The van der Waals surface area contributed by atoms with Crippen molar-refractivity contribution in [3.63, 3.8) is 0 Å². The minimum absolute atomic E-state index is 0.0351. The van der Waals surface area contributed by atoms with Gasteiger partial charge in [-0.05, 0) is 37.1 Å². The quantitative estimate of drug-likeness (QED) is 0.510. The third-order valence-corrected chi connectivity index (χ3v) is 3.15. The Bertz CT molecular complexity index is 676. The summed E-state index contributed by atoms with van der Waals surface area (Å²) in [7, 11) is 1.40. The molecule has 7 nitrogen and oxygen atoms in total. The number of nitrogens with one attached hydrogen (secondary N) is 1. The predicted octanol–water partition coefficient (Wildman–Crippen LogP) is 4.97. The zero-order valence-corrected chi connectivity index (χ0v) is 17.5. The lowest BCUT2D eigenvalue weighted by Gasteiger charge is -2.11. The van der Waals surface area contributed by atoms with E-state index < -0.39 is 4.92 Å². The molecule has 0 aliphatic heterocycles. The second kappa shape index (κ2) is 15.7. The van der Waals surface area contributed by atoms with Gasteiger partial charge in [0.05, 0.1) is 12.0 Å². The van der Waals surface area contributed by atoms with Crippen LogP contribution in [0.3, 0.4) is 0 Å². The molecule has 0 bridgehead atoms. The highest BCUT2D eigenvalue weighted by Gasteiger charge is 2.15. The average molecular weight is 379 g/mol. The number of anilines is 2. The van der Waals surface area contributed by atoms with Gasteiger partial charge in [-0.15, -0.1) is 0 Å². The number of nitrogens with two attached hydrogens (primary N) is 2. The van der Waals surface area contributed by atoms with Crippen LogP contribution in [0.2, 0.25) is 0 Å². The standard InChI is InChI=1S/C15H17N3O2.2C2H6.CH5NO/c1-10-3-5-13(11(2)7-10)17-14-6-4-12(9-16)8-15(14)18(19)20;2*1-2;1-3-2/h3-8,17H,9,16H2,1-2H3;2*1-2H3;2H2,1H3. The summed E-state index contributed by atoms with van der Waals surface area (Å²) in [5.74, 6) is 4.35. The molecule has 2 aromatic rings. The van der Waals surface area contributed by atoms with E-state index in [0.717, 1.165) is 22.4 Å². The molecule has 0 radical (unpaired) electrons. The number of hydrogen-bond acceptors (Lipinski definition) is 6. The molecule has 0 aromatic heterocycles. The van der Waals surface area contributed by atoms with Crippen LogP contribution < -0.4 is 16.9 Å². The van der Waals surface area contributed by atoms with E-state index in [4.69, 9.17) is 5.73 Å². The lowest BCUT2D eigenvalue weighted by molar-refractivity contribution is -0.384. The number of hydrogen-bond donors (Lipinski definition) is 3. The minimum atomic E-state index is -0.398. The van der Waals surface area contributed by atoms with Crippen molar-refractivity contribution in [2.45, 2.75) is 48.1 Å². The van der Waals surface area contributed by atoms with Crippen molar-refractivity contribution < 1.29 is 9.76 Å². The fourth-order valence-corrected chi connectivity index (χ4v) is 2.06. The molecule has 5 N–H and O–H groups in total. The van der Waals surface area contributed by atoms with Gasteiger partial charge in [-0.3, -0.25) is 10.1 Å². The minimum Gasteiger partial charge on any atom is -0.350 e. The van der Waals surface area contributed by atoms with Crippen molar-refractivity contribution in [1.29, 1.82) is 0 Å². The Labute approximate surface area is 162 Å². The maximum atomic E-state index is 11.1. The molecule has 0 unspecified atom stereocenters. The Kier molecular flexibility index (Phi) is 15.6. The molecule has 0 heterocycles. The largest absolute Gasteiger partial charge is 0.350 e. The van der Waals surface area contributed by atoms with Gasteiger partial charge < -0.3 is 15.9 Å². The zero-order chi connectivity index (χ0) is 21.4. The van der Waals surface area contributed by atoms with Crippen LogP contribution in [0, 0.1) is 24.0 Å². The number of aryl methyl sites for hydroxylation is 2. The second-order valence-electron chi connectivity index (χ2n) is 4.99. The van der Waals surface area contributed by atoms with Crippen LogP contribution in [-0.2, 0) is 11.4 Å². The van der Waals surface area contributed by atoms with E-state index >= 15 is 0 Å². The highest BCUT2D eigenvalue weighted by Crippen LogP contribution is 2.30. The van der Waals surface area contributed by atoms with Gasteiger partial charge in [-0.1, -0.05) is 51.5 Å². The van der Waals surface area contributed by atoms with Gasteiger partial charge >= 0.3 is 0 Å². The molecule has 0 spiro atoms. The summed E-state index contributed by atoms with van der Waals surface area (Å²) in [6, 6.07) is 10.9. The summed E-state index contributed by atoms with van der Waals surface area (Å²) in [6.07, 6.45) is 0. The van der Waals surface area contributed by atoms with Crippen LogP contribution in [-0.4, -0.2) is 12.0 Å². The molecule has 0 aliphatic carbocycles. The number of nitro benzene ring substituents is 1. The van der Waals surface area contributed by atoms with E-state index in [1.807, 2.05) is 59.7 Å². The lowest BCUT2D eigenvalue weighted by atomic mass is 10.1. The van der Waals surface area contributed by atoms with E-state index in [1.54, 1.807) is 12.1 Å². The Morgan fingerprint density at radius 2 is 1.56 bits per heavy atom. The number of nitro groups is 1. The van der Waals surface area contributed by atoms with E-state index in [9.17, 15) is 10.1 Å². The van der Waals surface area contributed by atoms with E-state index in [1.165, 1.54) is 13.2 Å². The smallest absolute Gasteiger partial charge is 0.292 e. The van der Waals surface area contributed by atoms with Crippen molar-refractivity contribution in [3.05, 3.63) is 63.2 Å². The van der Waals surface area contributed by atoms with E-state index in [-0.39, 0.29) is 12.2 Å². The number of rotatable bonds is 4. The van der Waals surface area contributed by atoms with Crippen molar-refractivity contribution in [3.8, 4) is 0 Å². The molecule has 0 amide bonds. The molecule has 152 valence electrons. The Morgan fingerprint density at radius 3 is 2.00 bits per heavy atom. The maximum absolute atomic E-state index is 11.1. The van der Waals surface area contributed by atoms with Gasteiger partial charge in [0.25, 0.3) is 5.69 Å². The summed E-state index contributed by atoms with van der Waals surface area (Å²) in [5, 5.41) is 14.3. The first-order valence-electron chi connectivity index (χ1n) is 8.97. The second-order valence-corrected chi connectivity index (χ2v) is 4.99. The molecule has 2 aromatic carbocycles. The van der Waals surface area contributed by atoms with Crippen LogP contribution in [0.1, 0.15) is 44.4 Å². The third kappa shape index (κ3) is 9.69. The molecular formula is C20H34N4O3. The fraction of sp³-hybridized carbons (Fsp3) is 0.400. The zero-order valence-electron chi connectivity index (χ0n) is 17.5. The van der Waals surface area contributed by atoms with E-state index in [2.05, 4.69) is 16.1 Å². The molecule has 0 fully saturated rings. The Balaban J connectivity index is 0. The monoisotopic (exact) mass is 378 g/mol. The summed E-state index contributed by atoms with van der Waals surface area (Å²) in [6.45, 7) is 12.3. The third-order valence-electron chi connectivity index (χ3n) is 3.15. The van der Waals surface area contributed by atoms with Gasteiger partial charge in [-0.2, -0.15) is 0 Å². The molecule has 7 heteroatoms. The molecule has 0 saturated heterocycles. The first-order valence-corrected chi connectivity index (χ1v) is 8.97. The average Bonchev–Trinajstić information content (AvgIpc) is 2.68. The highest BCUT2D eigenvalue weighted by atomic mass is 16.6. The topological polar surface area (TPSA) is 116 Å². The molecule has 27 heavy (non-hydrogen) atoms. The first-order chi connectivity index (χ1) is 12.9. The molecule has 0 saturated carbocycles. The summed E-state index contributed by atoms with van der Waals surface area (Å²) in [4.78, 5) is 14.5. The molecular weight excluding hydrogens is 344 g/mol. The van der Waals surface area contributed by atoms with Gasteiger partial charge in [0, 0.05) is 18.3 Å². The summed E-state index contributed by atoms with van der Waals surface area (Å²) >= 11 is 0. The van der Waals surface area contributed by atoms with Crippen molar-refractivity contribution >= 4 is 17.1 Å². The first kappa shape index (κ1) is 26.7. The van der Waals surface area contributed by atoms with Crippen molar-refractivity contribution in [2.75, 3.05) is 12.4 Å². The Hall–Kier alpha value is -2.48. The highest BCUT2D eigenvalue weighted by molar-refractivity contribution is 5.71. The van der Waals surface area contributed by atoms with Gasteiger partial charge in [0.2, 0.25) is 0 Å². The summed E-state index contributed by atoms with van der Waals surface area (Å²) in [5.41, 5.74) is 9.82. The van der Waals surface area contributed by atoms with Gasteiger partial charge in [0.15, 0.2) is 0 Å². The van der Waals surface area contributed by atoms with Crippen LogP contribution in [0.15, 0.2) is 36.4 Å². The maximum Gasteiger partial charge on any atom is 0.292 e. The number of nitrogens with zero attached hydrogens (tertiary/aromatic N) is 1. The molecule has 0 aliphatic rings. The van der Waals surface area contributed by atoms with Gasteiger partial charge in [-0.25, -0.2) is 5.90 Å². The van der Waals surface area contributed by atoms with Crippen LogP contribution in [0.5, 0.6) is 0 Å². The van der Waals surface area contributed by atoms with Crippen LogP contribution in [0.4, 0.5) is 17.1 Å². The van der Waals surface area contributed by atoms with E-state index in [0.29, 0.717) is 5.69 Å². The SMILES string of the molecule is CC.CC.CON.Cc1ccc(Nc2ccc(CN)cc2[N+](=O)[O-])c(C)c1. The number of benzene rings is 2. The van der Waals surface area contributed by atoms with Crippen LogP contribution in [0.25, 0.3) is 0 Å². The fourth-order valence-electron chi connectivity index (χ4n) is 2.06. The normalized spacial score (nSPS) is 8.78. The Morgan fingerprint density at radius 1 is 1.04 bits per heavy atom. The summed E-state index contributed by atoms with van der Waals surface area (Å²) < 4.78 is 0. The lowest BCUT2D eigenvalue weighted by Crippen LogP contribution is -2.02. The van der Waals surface area contributed by atoms with Gasteiger partial charge in [0.1, 0.15) is 5.69 Å². The molecule has 2 rings (SSSR count). The predicted molar refractivity (Wildman–Crippen MR) is 114 cm³/mol. The van der Waals surface area contributed by atoms with Crippen LogP contribution >= 0.6 is 0 Å².